The summed E-state index contributed by atoms with van der Waals surface area (Å²) in [4.78, 5) is 15.4. The van der Waals surface area contributed by atoms with Gasteiger partial charge in [-0.1, -0.05) is 0 Å². The molecule has 0 radical (unpaired) electrons. The minimum absolute atomic E-state index is 0.226. The van der Waals surface area contributed by atoms with E-state index in [0.29, 0.717) is 5.65 Å². The highest BCUT2D eigenvalue weighted by Gasteiger charge is 2.08. The molecular formula is C15H12N2O3. The lowest BCUT2D eigenvalue weighted by molar-refractivity contribution is 0.0697. The number of methoxy groups -OCH3 is 1. The molecule has 5 nitrogen and oxygen atoms in total. The van der Waals surface area contributed by atoms with Crippen LogP contribution in [0.1, 0.15) is 10.4 Å². The van der Waals surface area contributed by atoms with Gasteiger partial charge in [-0.3, -0.25) is 0 Å². The van der Waals surface area contributed by atoms with Gasteiger partial charge in [0.2, 0.25) is 0 Å². The van der Waals surface area contributed by atoms with Crippen LogP contribution in [-0.4, -0.2) is 27.6 Å². The van der Waals surface area contributed by atoms with Crippen LogP contribution >= 0.6 is 0 Å². The molecule has 100 valence electrons. The lowest BCUT2D eigenvalue weighted by atomic mass is 10.2. The van der Waals surface area contributed by atoms with Gasteiger partial charge in [-0.25, -0.2) is 9.78 Å². The van der Waals surface area contributed by atoms with E-state index >= 15 is 0 Å². The highest BCUT2D eigenvalue weighted by molar-refractivity contribution is 5.88. The molecule has 0 fully saturated rings. The predicted molar refractivity (Wildman–Crippen MR) is 74.1 cm³/mol. The Labute approximate surface area is 115 Å². The Morgan fingerprint density at radius 3 is 2.65 bits per heavy atom. The van der Waals surface area contributed by atoms with Crippen LogP contribution in [-0.2, 0) is 0 Å². The van der Waals surface area contributed by atoms with E-state index in [1.54, 1.807) is 29.8 Å². The van der Waals surface area contributed by atoms with Crippen LogP contribution < -0.4 is 4.74 Å². The number of rotatable bonds is 3. The molecule has 0 amide bonds. The summed E-state index contributed by atoms with van der Waals surface area (Å²) in [6.07, 6.45) is 3.56. The number of hydrogen-bond donors (Lipinski definition) is 1. The van der Waals surface area contributed by atoms with E-state index < -0.39 is 5.97 Å². The summed E-state index contributed by atoms with van der Waals surface area (Å²) in [5.74, 6) is -0.174. The number of carboxylic acids is 1. The smallest absolute Gasteiger partial charge is 0.335 e. The number of aromatic nitrogens is 2. The molecule has 0 aliphatic rings. The molecule has 1 N–H and O–H groups in total. The van der Waals surface area contributed by atoms with Crippen molar-refractivity contribution in [2.75, 3.05) is 7.11 Å². The first-order valence-electron chi connectivity index (χ1n) is 6.04. The third kappa shape index (κ3) is 2.09. The molecule has 20 heavy (non-hydrogen) atoms. The number of pyridine rings is 1. The number of benzene rings is 1. The summed E-state index contributed by atoms with van der Waals surface area (Å²) < 4.78 is 6.91. The van der Waals surface area contributed by atoms with E-state index in [-0.39, 0.29) is 5.56 Å². The number of imidazole rings is 1. The largest absolute Gasteiger partial charge is 0.497 e. The van der Waals surface area contributed by atoms with Gasteiger partial charge in [0.15, 0.2) is 0 Å². The van der Waals surface area contributed by atoms with Gasteiger partial charge >= 0.3 is 5.97 Å². The molecule has 0 aliphatic heterocycles. The quantitative estimate of drug-likeness (QED) is 0.793. The highest BCUT2D eigenvalue weighted by Crippen LogP contribution is 2.22. The van der Waals surface area contributed by atoms with Gasteiger partial charge in [-0.2, -0.15) is 0 Å². The topological polar surface area (TPSA) is 63.8 Å². The Kier molecular flexibility index (Phi) is 2.87. The second-order valence-electron chi connectivity index (χ2n) is 4.34. The average Bonchev–Trinajstić information content (AvgIpc) is 2.90. The summed E-state index contributed by atoms with van der Waals surface area (Å²) in [6.45, 7) is 0. The van der Waals surface area contributed by atoms with E-state index in [1.807, 2.05) is 30.5 Å². The molecule has 2 heterocycles. The Bertz CT molecular complexity index is 775. The van der Waals surface area contributed by atoms with Crippen molar-refractivity contribution in [1.82, 2.24) is 9.38 Å². The van der Waals surface area contributed by atoms with Crippen LogP contribution in [0.3, 0.4) is 0 Å². The lowest BCUT2D eigenvalue weighted by Gasteiger charge is -1.99. The highest BCUT2D eigenvalue weighted by atomic mass is 16.5. The first-order chi connectivity index (χ1) is 9.67. The second kappa shape index (κ2) is 4.70. The first-order valence-corrected chi connectivity index (χ1v) is 6.04. The van der Waals surface area contributed by atoms with E-state index in [9.17, 15) is 4.79 Å². The molecule has 0 bridgehead atoms. The van der Waals surface area contributed by atoms with Crippen molar-refractivity contribution in [2.45, 2.75) is 0 Å². The maximum atomic E-state index is 10.9. The fourth-order valence-corrected chi connectivity index (χ4v) is 2.02. The minimum Gasteiger partial charge on any atom is -0.497 e. The molecule has 0 aliphatic carbocycles. The summed E-state index contributed by atoms with van der Waals surface area (Å²) in [7, 11) is 1.62. The minimum atomic E-state index is -0.957. The number of fused-ring (bicyclic) bond motifs is 1. The van der Waals surface area contributed by atoms with Crippen LogP contribution in [0.25, 0.3) is 16.9 Å². The summed E-state index contributed by atoms with van der Waals surface area (Å²) in [5.41, 5.74) is 2.57. The number of carbonyl (C=O) groups is 1. The molecule has 2 aromatic heterocycles. The van der Waals surface area contributed by atoms with E-state index in [1.165, 1.54) is 0 Å². The molecule has 1 aromatic carbocycles. The summed E-state index contributed by atoms with van der Waals surface area (Å²) >= 11 is 0. The molecule has 0 saturated carbocycles. The van der Waals surface area contributed by atoms with Crippen LogP contribution in [0.15, 0.2) is 48.8 Å². The number of ether oxygens (including phenoxy) is 1. The molecule has 3 rings (SSSR count). The summed E-state index contributed by atoms with van der Waals surface area (Å²) in [6, 6.07) is 10.7. The molecule has 0 spiro atoms. The van der Waals surface area contributed by atoms with Crippen molar-refractivity contribution >= 4 is 11.6 Å². The van der Waals surface area contributed by atoms with Crippen molar-refractivity contribution in [3.63, 3.8) is 0 Å². The van der Waals surface area contributed by atoms with Crippen molar-refractivity contribution < 1.29 is 14.6 Å². The van der Waals surface area contributed by atoms with Crippen molar-refractivity contribution in [3.8, 4) is 17.0 Å². The zero-order valence-corrected chi connectivity index (χ0v) is 10.8. The fourth-order valence-electron chi connectivity index (χ4n) is 2.02. The second-order valence-corrected chi connectivity index (χ2v) is 4.34. The number of hydrogen-bond acceptors (Lipinski definition) is 3. The third-order valence-electron chi connectivity index (χ3n) is 3.09. The number of carboxylic acid groups (broad SMARTS) is 1. The molecule has 0 saturated heterocycles. The predicted octanol–water partition coefficient (Wildman–Crippen LogP) is 2.71. The average molecular weight is 268 g/mol. The molecular weight excluding hydrogens is 256 g/mol. The Morgan fingerprint density at radius 2 is 2.00 bits per heavy atom. The van der Waals surface area contributed by atoms with Crippen LogP contribution in [0.5, 0.6) is 5.75 Å². The van der Waals surface area contributed by atoms with Crippen molar-refractivity contribution in [1.29, 1.82) is 0 Å². The van der Waals surface area contributed by atoms with Gasteiger partial charge in [0.1, 0.15) is 11.4 Å². The molecule has 3 aromatic rings. The van der Waals surface area contributed by atoms with Crippen LogP contribution in [0, 0.1) is 0 Å². The maximum absolute atomic E-state index is 10.9. The van der Waals surface area contributed by atoms with Gasteiger partial charge in [0, 0.05) is 18.0 Å². The van der Waals surface area contributed by atoms with Gasteiger partial charge < -0.3 is 14.2 Å². The van der Waals surface area contributed by atoms with Crippen molar-refractivity contribution in [2.24, 2.45) is 0 Å². The number of nitrogens with zero attached hydrogens (tertiary/aromatic N) is 2. The van der Waals surface area contributed by atoms with Crippen molar-refractivity contribution in [3.05, 3.63) is 54.4 Å². The summed E-state index contributed by atoms with van der Waals surface area (Å²) in [5, 5.41) is 8.97. The van der Waals surface area contributed by atoms with E-state index in [4.69, 9.17) is 9.84 Å². The van der Waals surface area contributed by atoms with Gasteiger partial charge in [0.25, 0.3) is 0 Å². The Balaban J connectivity index is 2.05. The lowest BCUT2D eigenvalue weighted by Crippen LogP contribution is -1.96. The van der Waals surface area contributed by atoms with Gasteiger partial charge in [0.05, 0.1) is 18.4 Å². The fraction of sp³-hybridized carbons (Fsp3) is 0.0667. The Morgan fingerprint density at radius 1 is 1.25 bits per heavy atom. The first kappa shape index (κ1) is 12.2. The Hall–Kier alpha value is -2.82. The molecule has 0 atom stereocenters. The molecule has 5 heteroatoms. The standard InChI is InChI=1S/C15H12N2O3/c1-20-12-4-2-10(3-5-12)13-9-17-7-6-11(15(18)19)8-14(17)16-13/h2-9H,1H3,(H,18,19). The normalized spacial score (nSPS) is 10.7. The van der Waals surface area contributed by atoms with Crippen LogP contribution in [0.2, 0.25) is 0 Å². The van der Waals surface area contributed by atoms with Gasteiger partial charge in [-0.15, -0.1) is 0 Å². The third-order valence-corrected chi connectivity index (χ3v) is 3.09. The monoisotopic (exact) mass is 268 g/mol. The zero-order valence-electron chi connectivity index (χ0n) is 10.8. The van der Waals surface area contributed by atoms with E-state index in [0.717, 1.165) is 17.0 Å². The maximum Gasteiger partial charge on any atom is 0.335 e. The zero-order chi connectivity index (χ0) is 14.1. The molecule has 0 unspecified atom stereocenters. The van der Waals surface area contributed by atoms with Gasteiger partial charge in [-0.05, 0) is 36.4 Å². The van der Waals surface area contributed by atoms with Crippen LogP contribution in [0.4, 0.5) is 0 Å². The SMILES string of the molecule is COc1ccc(-c2cn3ccc(C(=O)O)cc3n2)cc1. The number of aromatic carboxylic acids is 1. The van der Waals surface area contributed by atoms with E-state index in [2.05, 4.69) is 4.98 Å².